The normalized spacial score (nSPS) is 11.4. The van der Waals surface area contributed by atoms with Crippen LogP contribution in [0, 0.1) is 5.82 Å². The van der Waals surface area contributed by atoms with E-state index in [4.69, 9.17) is 0 Å². The van der Waals surface area contributed by atoms with E-state index >= 15 is 4.39 Å². The van der Waals surface area contributed by atoms with E-state index < -0.39 is 0 Å². The molecule has 330 valence electrons. The van der Waals surface area contributed by atoms with Crippen LogP contribution in [-0.4, -0.2) is 0 Å². The number of halogens is 1. The number of para-hydroxylation sites is 1. The van der Waals surface area contributed by atoms with Crippen LogP contribution in [0.15, 0.2) is 267 Å². The second-order valence-corrected chi connectivity index (χ2v) is 17.8. The summed E-state index contributed by atoms with van der Waals surface area (Å²) >= 11 is 0. The Morgan fingerprint density at radius 1 is 0.286 bits per heavy atom. The summed E-state index contributed by atoms with van der Waals surface area (Å²) < 4.78 is 16.9. The first kappa shape index (κ1) is 42.3. The van der Waals surface area contributed by atoms with Gasteiger partial charge in [0.1, 0.15) is 5.82 Å². The van der Waals surface area contributed by atoms with E-state index in [-0.39, 0.29) is 5.82 Å². The molecule has 0 aliphatic heterocycles. The van der Waals surface area contributed by atoms with Crippen molar-refractivity contribution in [2.45, 2.75) is 0 Å². The molecule has 0 spiro atoms. The van der Waals surface area contributed by atoms with Crippen molar-refractivity contribution in [1.29, 1.82) is 0 Å². The number of nitrogens with zero attached hydrogens (tertiary/aromatic N) is 1. The van der Waals surface area contributed by atoms with Gasteiger partial charge in [0.25, 0.3) is 0 Å². The van der Waals surface area contributed by atoms with Crippen LogP contribution in [0.25, 0.3) is 100 Å². The monoisotopic (exact) mass is 895 g/mol. The molecule has 0 atom stereocenters. The molecule has 0 N–H and O–H groups in total. The van der Waals surface area contributed by atoms with Gasteiger partial charge >= 0.3 is 0 Å². The molecule has 12 aromatic carbocycles. The molecule has 0 radical (unpaired) electrons. The largest absolute Gasteiger partial charge is 0.307 e. The summed E-state index contributed by atoms with van der Waals surface area (Å²) in [7, 11) is 0. The second kappa shape index (κ2) is 18.5. The molecular weight excluding hydrogens is 850 g/mol. The highest BCUT2D eigenvalue weighted by Crippen LogP contribution is 2.47. The van der Waals surface area contributed by atoms with Crippen LogP contribution in [-0.2, 0) is 0 Å². The molecule has 0 saturated heterocycles. The van der Waals surface area contributed by atoms with Crippen LogP contribution in [0.1, 0.15) is 11.1 Å². The zero-order chi connectivity index (χ0) is 46.8. The van der Waals surface area contributed by atoms with Crippen molar-refractivity contribution in [3.8, 4) is 55.6 Å². The van der Waals surface area contributed by atoms with Gasteiger partial charge in [0.05, 0.1) is 5.69 Å². The average Bonchev–Trinajstić information content (AvgIpc) is 3.43. The summed E-state index contributed by atoms with van der Waals surface area (Å²) in [6.07, 6.45) is 4.30. The Morgan fingerprint density at radius 2 is 0.700 bits per heavy atom. The van der Waals surface area contributed by atoms with Gasteiger partial charge in [-0.3, -0.25) is 0 Å². The molecule has 0 aliphatic rings. The molecule has 12 rings (SSSR count). The van der Waals surface area contributed by atoms with Crippen LogP contribution < -0.4 is 4.90 Å². The number of anilines is 3. The van der Waals surface area contributed by atoms with Gasteiger partial charge in [-0.15, -0.1) is 0 Å². The quantitative estimate of drug-likeness (QED) is 0.0977. The SMILES string of the molecule is Fc1cc(-c2ccccc2)cc(-c2ccccc2)c1N(c1ccccc1)c1ccc(C=Cc2ccc(-c3c4ccccc4c(-c4cc(-c5ccccc5)cc5ccccc45)c4ccccc34)cc2)cc1. The Hall–Kier alpha value is -9.11. The Labute approximate surface area is 408 Å². The first-order valence-corrected chi connectivity index (χ1v) is 23.8. The van der Waals surface area contributed by atoms with Crippen molar-refractivity contribution in [2.24, 2.45) is 0 Å². The van der Waals surface area contributed by atoms with Crippen molar-refractivity contribution in [2.75, 3.05) is 4.90 Å². The molecule has 0 bridgehead atoms. The lowest BCUT2D eigenvalue weighted by Crippen LogP contribution is -2.13. The Morgan fingerprint density at radius 3 is 1.26 bits per heavy atom. The standard InChI is InChI=1S/C68H46FN/c69-65-46-55(50-21-7-2-8-22-50)44-63(51-23-9-3-10-24-51)68(65)70(56-26-11-4-12-27-56)57-41-37-48(38-42-57)34-33-47-35-39-52(40-36-47)66-59-29-15-17-31-61(59)67(62-32-18-16-30-60(62)66)64-45-54(49-19-5-1-6-20-49)43-53-25-13-14-28-58(53)64/h1-46H. The summed E-state index contributed by atoms with van der Waals surface area (Å²) in [5.74, 6) is -0.296. The lowest BCUT2D eigenvalue weighted by atomic mass is 9.83. The molecule has 12 aromatic rings. The van der Waals surface area contributed by atoms with E-state index in [1.54, 1.807) is 6.07 Å². The third kappa shape index (κ3) is 8.02. The molecule has 0 unspecified atom stereocenters. The van der Waals surface area contributed by atoms with Gasteiger partial charge in [-0.25, -0.2) is 4.39 Å². The number of hydrogen-bond acceptors (Lipinski definition) is 1. The van der Waals surface area contributed by atoms with Crippen molar-refractivity contribution in [1.82, 2.24) is 0 Å². The van der Waals surface area contributed by atoms with E-state index in [1.807, 2.05) is 95.9 Å². The predicted octanol–water partition coefficient (Wildman–Crippen LogP) is 19.3. The van der Waals surface area contributed by atoms with Crippen LogP contribution in [0.3, 0.4) is 0 Å². The van der Waals surface area contributed by atoms with E-state index in [0.717, 1.165) is 44.8 Å². The summed E-state index contributed by atoms with van der Waals surface area (Å²) in [6.45, 7) is 0. The van der Waals surface area contributed by atoms with E-state index in [0.29, 0.717) is 5.69 Å². The van der Waals surface area contributed by atoms with Crippen LogP contribution in [0.5, 0.6) is 0 Å². The van der Waals surface area contributed by atoms with Gasteiger partial charge in [0.15, 0.2) is 0 Å². The Kier molecular flexibility index (Phi) is 11.2. The molecule has 2 heteroatoms. The van der Waals surface area contributed by atoms with Gasteiger partial charge < -0.3 is 4.90 Å². The van der Waals surface area contributed by atoms with Crippen molar-refractivity contribution in [3.05, 3.63) is 284 Å². The van der Waals surface area contributed by atoms with E-state index in [2.05, 4.69) is 182 Å². The van der Waals surface area contributed by atoms with Crippen molar-refractivity contribution < 1.29 is 4.39 Å². The van der Waals surface area contributed by atoms with E-state index in [9.17, 15) is 0 Å². The molecule has 0 heterocycles. The summed E-state index contributed by atoms with van der Waals surface area (Å²) in [4.78, 5) is 2.03. The van der Waals surface area contributed by atoms with Crippen LogP contribution >= 0.6 is 0 Å². The predicted molar refractivity (Wildman–Crippen MR) is 296 cm³/mol. The zero-order valence-corrected chi connectivity index (χ0v) is 38.4. The highest BCUT2D eigenvalue weighted by molar-refractivity contribution is 6.24. The smallest absolute Gasteiger partial charge is 0.148 e. The maximum atomic E-state index is 16.9. The van der Waals surface area contributed by atoms with Gasteiger partial charge in [-0.1, -0.05) is 231 Å². The van der Waals surface area contributed by atoms with Crippen LogP contribution in [0.2, 0.25) is 0 Å². The maximum absolute atomic E-state index is 16.9. The number of hydrogen-bond donors (Lipinski definition) is 0. The fraction of sp³-hybridized carbons (Fsp3) is 0. The molecule has 70 heavy (non-hydrogen) atoms. The fourth-order valence-electron chi connectivity index (χ4n) is 10.2. The number of fused-ring (bicyclic) bond motifs is 3. The summed E-state index contributed by atoms with van der Waals surface area (Å²) in [5.41, 5.74) is 15.2. The molecule has 0 aliphatic carbocycles. The lowest BCUT2D eigenvalue weighted by Gasteiger charge is -2.29. The molecular formula is C68H46FN. The zero-order valence-electron chi connectivity index (χ0n) is 38.4. The van der Waals surface area contributed by atoms with E-state index in [1.165, 1.54) is 65.7 Å². The fourth-order valence-corrected chi connectivity index (χ4v) is 10.2. The van der Waals surface area contributed by atoms with Gasteiger partial charge in [-0.05, 0) is 142 Å². The van der Waals surface area contributed by atoms with Crippen LogP contribution in [0.4, 0.5) is 21.5 Å². The third-order valence-corrected chi connectivity index (χ3v) is 13.5. The maximum Gasteiger partial charge on any atom is 0.148 e. The Balaban J connectivity index is 0.892. The minimum atomic E-state index is -0.296. The number of rotatable bonds is 10. The van der Waals surface area contributed by atoms with Gasteiger partial charge in [0, 0.05) is 16.9 Å². The van der Waals surface area contributed by atoms with Crippen molar-refractivity contribution >= 4 is 61.5 Å². The first-order chi connectivity index (χ1) is 34.6. The summed E-state index contributed by atoms with van der Waals surface area (Å²) in [6, 6.07) is 93.1. The highest BCUT2D eigenvalue weighted by Gasteiger charge is 2.23. The molecule has 0 fully saturated rings. The molecule has 0 saturated carbocycles. The van der Waals surface area contributed by atoms with Gasteiger partial charge in [0.2, 0.25) is 0 Å². The third-order valence-electron chi connectivity index (χ3n) is 13.5. The second-order valence-electron chi connectivity index (χ2n) is 17.8. The minimum absolute atomic E-state index is 0.296. The van der Waals surface area contributed by atoms with Gasteiger partial charge in [-0.2, -0.15) is 0 Å². The molecule has 0 aromatic heterocycles. The van der Waals surface area contributed by atoms with Crippen molar-refractivity contribution in [3.63, 3.8) is 0 Å². The average molecular weight is 896 g/mol. The minimum Gasteiger partial charge on any atom is -0.307 e. The highest BCUT2D eigenvalue weighted by atomic mass is 19.1. The topological polar surface area (TPSA) is 3.24 Å². The molecule has 1 nitrogen and oxygen atoms in total. The Bertz CT molecular complexity index is 3790. The lowest BCUT2D eigenvalue weighted by molar-refractivity contribution is 0.630. The molecule has 0 amide bonds. The number of benzene rings is 12. The first-order valence-electron chi connectivity index (χ1n) is 23.8. The summed E-state index contributed by atoms with van der Waals surface area (Å²) in [5, 5.41) is 7.37.